The molecule has 0 aliphatic carbocycles. The van der Waals surface area contributed by atoms with E-state index >= 15 is 0 Å². The highest BCUT2D eigenvalue weighted by Gasteiger charge is 2.09. The summed E-state index contributed by atoms with van der Waals surface area (Å²) in [6.45, 7) is 3.62. The van der Waals surface area contributed by atoms with Crippen molar-refractivity contribution in [1.29, 1.82) is 0 Å². The van der Waals surface area contributed by atoms with Gasteiger partial charge in [0.05, 0.1) is 10.0 Å². The molecule has 1 aromatic rings. The zero-order chi connectivity index (χ0) is 13.5. The lowest BCUT2D eigenvalue weighted by molar-refractivity contribution is 0.106. The fourth-order valence-corrected chi connectivity index (χ4v) is 2.15. The van der Waals surface area contributed by atoms with Gasteiger partial charge in [0, 0.05) is 17.1 Å². The molecule has 0 saturated heterocycles. The summed E-state index contributed by atoms with van der Waals surface area (Å²) >= 11 is 15.2. The van der Waals surface area contributed by atoms with Crippen molar-refractivity contribution >= 4 is 39.1 Å². The first-order valence-electron chi connectivity index (χ1n) is 5.70. The Kier molecular flexibility index (Phi) is 7.34. The molecule has 1 aromatic carbocycles. The molecule has 0 spiro atoms. The molecular formula is C12H16BrCl2NO2. The molecule has 0 radical (unpaired) electrons. The van der Waals surface area contributed by atoms with Crippen molar-refractivity contribution in [3.05, 3.63) is 26.7 Å². The second kappa shape index (κ2) is 8.23. The maximum atomic E-state index is 9.68. The molecule has 0 aromatic heterocycles. The van der Waals surface area contributed by atoms with E-state index in [1.165, 1.54) is 0 Å². The molecule has 1 atom stereocenters. The van der Waals surface area contributed by atoms with Crippen LogP contribution in [-0.2, 0) is 0 Å². The van der Waals surface area contributed by atoms with Crippen molar-refractivity contribution in [3.8, 4) is 5.75 Å². The first-order chi connectivity index (χ1) is 8.54. The van der Waals surface area contributed by atoms with Gasteiger partial charge in [-0.1, -0.05) is 30.1 Å². The summed E-state index contributed by atoms with van der Waals surface area (Å²) in [5.41, 5.74) is 0. The number of aliphatic hydroxyl groups excluding tert-OH is 1. The number of halogens is 3. The van der Waals surface area contributed by atoms with E-state index in [2.05, 4.69) is 28.2 Å². The average molecular weight is 357 g/mol. The summed E-state index contributed by atoms with van der Waals surface area (Å²) in [5.74, 6) is 0.472. The maximum absolute atomic E-state index is 9.68. The van der Waals surface area contributed by atoms with Crippen LogP contribution in [0.4, 0.5) is 0 Å². The Morgan fingerprint density at radius 1 is 1.39 bits per heavy atom. The van der Waals surface area contributed by atoms with Gasteiger partial charge in [0.1, 0.15) is 18.5 Å². The Hall–Kier alpha value is -0.0000000000000000555. The van der Waals surface area contributed by atoms with Crippen LogP contribution in [0.3, 0.4) is 0 Å². The largest absolute Gasteiger partial charge is 0.489 e. The Balaban J connectivity index is 2.45. The van der Waals surface area contributed by atoms with Crippen LogP contribution in [0, 0.1) is 0 Å². The summed E-state index contributed by atoms with van der Waals surface area (Å²) in [4.78, 5) is 0. The number of hydrogen-bond acceptors (Lipinski definition) is 3. The average Bonchev–Trinajstić information content (AvgIpc) is 2.32. The number of rotatable bonds is 7. The number of nitrogens with one attached hydrogen (secondary N) is 1. The van der Waals surface area contributed by atoms with Crippen molar-refractivity contribution in [2.45, 2.75) is 19.4 Å². The van der Waals surface area contributed by atoms with Crippen LogP contribution < -0.4 is 10.1 Å². The minimum absolute atomic E-state index is 0.175. The van der Waals surface area contributed by atoms with E-state index in [1.54, 1.807) is 12.1 Å². The lowest BCUT2D eigenvalue weighted by atomic mass is 10.3. The molecule has 0 heterocycles. The van der Waals surface area contributed by atoms with Crippen LogP contribution in [0.2, 0.25) is 10.0 Å². The van der Waals surface area contributed by atoms with Crippen LogP contribution in [0.15, 0.2) is 16.6 Å². The molecule has 1 unspecified atom stereocenters. The number of hydrogen-bond donors (Lipinski definition) is 2. The number of benzene rings is 1. The lowest BCUT2D eigenvalue weighted by Crippen LogP contribution is -2.31. The van der Waals surface area contributed by atoms with Crippen molar-refractivity contribution < 1.29 is 9.84 Å². The van der Waals surface area contributed by atoms with Gasteiger partial charge in [-0.25, -0.2) is 0 Å². The first kappa shape index (κ1) is 16.1. The van der Waals surface area contributed by atoms with E-state index in [4.69, 9.17) is 27.9 Å². The maximum Gasteiger partial charge on any atom is 0.139 e. The number of aliphatic hydroxyl groups is 1. The summed E-state index contributed by atoms with van der Waals surface area (Å²) in [6, 6.07) is 3.29. The van der Waals surface area contributed by atoms with Gasteiger partial charge >= 0.3 is 0 Å². The Morgan fingerprint density at radius 3 is 2.78 bits per heavy atom. The van der Waals surface area contributed by atoms with Crippen molar-refractivity contribution in [1.82, 2.24) is 5.32 Å². The van der Waals surface area contributed by atoms with Gasteiger partial charge in [-0.2, -0.15) is 0 Å². The molecule has 0 aliphatic rings. The third-order valence-electron chi connectivity index (χ3n) is 2.21. The van der Waals surface area contributed by atoms with Crippen molar-refractivity contribution in [2.24, 2.45) is 0 Å². The first-order valence-corrected chi connectivity index (χ1v) is 7.25. The third-order valence-corrected chi connectivity index (χ3v) is 3.71. The van der Waals surface area contributed by atoms with Gasteiger partial charge in [-0.05, 0) is 35.0 Å². The van der Waals surface area contributed by atoms with E-state index in [-0.39, 0.29) is 6.61 Å². The van der Waals surface area contributed by atoms with Crippen molar-refractivity contribution in [3.63, 3.8) is 0 Å². The molecule has 0 aliphatic heterocycles. The Morgan fingerprint density at radius 2 is 2.11 bits per heavy atom. The van der Waals surface area contributed by atoms with Gasteiger partial charge < -0.3 is 15.2 Å². The molecule has 3 nitrogen and oxygen atoms in total. The molecule has 102 valence electrons. The van der Waals surface area contributed by atoms with Crippen molar-refractivity contribution in [2.75, 3.05) is 19.7 Å². The monoisotopic (exact) mass is 355 g/mol. The molecule has 0 amide bonds. The Labute approximate surface area is 126 Å². The number of ether oxygens (including phenoxy) is 1. The minimum Gasteiger partial charge on any atom is -0.489 e. The fraction of sp³-hybridized carbons (Fsp3) is 0.500. The van der Waals surface area contributed by atoms with Gasteiger partial charge in [-0.3, -0.25) is 0 Å². The normalized spacial score (nSPS) is 12.5. The second-order valence-corrected chi connectivity index (χ2v) is 5.53. The molecule has 6 heteroatoms. The standard InChI is InChI=1S/C12H16BrCl2NO2/c1-2-3-16-6-8(17)7-18-12-5-10(14)9(13)4-11(12)15/h4-5,8,16-17H,2-3,6-7H2,1H3. The minimum atomic E-state index is -0.574. The van der Waals surface area contributed by atoms with Crippen LogP contribution in [0.1, 0.15) is 13.3 Å². The Bertz CT molecular complexity index is 391. The second-order valence-electron chi connectivity index (χ2n) is 3.87. The summed E-state index contributed by atoms with van der Waals surface area (Å²) in [7, 11) is 0. The van der Waals surface area contributed by atoms with E-state index in [1.807, 2.05) is 0 Å². The predicted molar refractivity (Wildman–Crippen MR) is 78.8 cm³/mol. The van der Waals surface area contributed by atoms with E-state index < -0.39 is 6.10 Å². The highest BCUT2D eigenvalue weighted by atomic mass is 79.9. The van der Waals surface area contributed by atoms with Crippen LogP contribution >= 0.6 is 39.1 Å². The summed E-state index contributed by atoms with van der Waals surface area (Å²) < 4.78 is 6.15. The predicted octanol–water partition coefficient (Wildman–Crippen LogP) is 3.50. The highest BCUT2D eigenvalue weighted by Crippen LogP contribution is 2.34. The zero-order valence-electron chi connectivity index (χ0n) is 10.0. The van der Waals surface area contributed by atoms with Crippen LogP contribution in [0.25, 0.3) is 0 Å². The van der Waals surface area contributed by atoms with E-state index in [9.17, 15) is 5.11 Å². The molecule has 18 heavy (non-hydrogen) atoms. The quantitative estimate of drug-likeness (QED) is 0.580. The third kappa shape index (κ3) is 5.33. The lowest BCUT2D eigenvalue weighted by Gasteiger charge is -2.14. The SMILES string of the molecule is CCCNCC(O)COc1cc(Cl)c(Br)cc1Cl. The van der Waals surface area contributed by atoms with E-state index in [0.29, 0.717) is 26.8 Å². The zero-order valence-corrected chi connectivity index (χ0v) is 13.1. The van der Waals surface area contributed by atoms with Gasteiger partial charge in [0.25, 0.3) is 0 Å². The highest BCUT2D eigenvalue weighted by molar-refractivity contribution is 9.10. The van der Waals surface area contributed by atoms with Gasteiger partial charge in [-0.15, -0.1) is 0 Å². The van der Waals surface area contributed by atoms with Gasteiger partial charge in [0.2, 0.25) is 0 Å². The smallest absolute Gasteiger partial charge is 0.139 e. The van der Waals surface area contributed by atoms with Gasteiger partial charge in [0.15, 0.2) is 0 Å². The van der Waals surface area contributed by atoms with E-state index in [0.717, 1.165) is 13.0 Å². The molecular weight excluding hydrogens is 341 g/mol. The summed E-state index contributed by atoms with van der Waals surface area (Å²) in [6.07, 6.45) is 0.455. The molecule has 0 bridgehead atoms. The van der Waals surface area contributed by atoms with Crippen LogP contribution in [-0.4, -0.2) is 30.9 Å². The topological polar surface area (TPSA) is 41.5 Å². The molecule has 0 fully saturated rings. The van der Waals surface area contributed by atoms with Crippen LogP contribution in [0.5, 0.6) is 5.75 Å². The molecule has 0 saturated carbocycles. The molecule has 1 rings (SSSR count). The summed E-state index contributed by atoms with van der Waals surface area (Å²) in [5, 5.41) is 13.8. The fourth-order valence-electron chi connectivity index (χ4n) is 1.31. The molecule has 2 N–H and O–H groups in total.